The molecule has 0 atom stereocenters. The van der Waals surface area contributed by atoms with E-state index in [2.05, 4.69) is 15.3 Å². The van der Waals surface area contributed by atoms with Gasteiger partial charge >= 0.3 is 0 Å². The summed E-state index contributed by atoms with van der Waals surface area (Å²) in [4.78, 5) is 0. The Bertz CT molecular complexity index is 600. The normalized spacial score (nSPS) is 15.9. The van der Waals surface area contributed by atoms with Crippen molar-refractivity contribution in [2.24, 2.45) is 0 Å². The van der Waals surface area contributed by atoms with E-state index >= 15 is 0 Å². The second-order valence-electron chi connectivity index (χ2n) is 5.21. The van der Waals surface area contributed by atoms with Gasteiger partial charge in [-0.15, -0.1) is 16.7 Å². The van der Waals surface area contributed by atoms with Crippen LogP contribution in [-0.4, -0.2) is 20.0 Å². The van der Waals surface area contributed by atoms with Gasteiger partial charge in [-0.05, 0) is 31.9 Å². The monoisotopic (exact) mass is 310 g/mol. The lowest BCUT2D eigenvalue weighted by Gasteiger charge is -2.06. The lowest BCUT2D eigenvalue weighted by atomic mass is 10.0. The fourth-order valence-electron chi connectivity index (χ4n) is 2.75. The van der Waals surface area contributed by atoms with Crippen LogP contribution in [-0.2, 0) is 5.88 Å². The van der Waals surface area contributed by atoms with Crippen LogP contribution in [0, 0.1) is 6.92 Å². The molecule has 0 saturated heterocycles. The third-order valence-electron chi connectivity index (χ3n) is 3.83. The smallest absolute Gasteiger partial charge is 0.177 e. The molecule has 0 unspecified atom stereocenters. The third-order valence-corrected chi connectivity index (χ3v) is 4.48. The van der Waals surface area contributed by atoms with Crippen molar-refractivity contribution in [3.8, 4) is 5.82 Å². The molecule has 20 heavy (non-hydrogen) atoms. The van der Waals surface area contributed by atoms with Crippen molar-refractivity contribution < 1.29 is 0 Å². The average Bonchev–Trinajstić information content (AvgIpc) is 3.07. The highest BCUT2D eigenvalue weighted by Crippen LogP contribution is 2.38. The molecule has 0 spiro atoms. The summed E-state index contributed by atoms with van der Waals surface area (Å²) in [6.45, 7) is 1.90. The number of hydrogen-bond acceptors (Lipinski definition) is 3. The molecule has 6 heteroatoms. The van der Waals surface area contributed by atoms with Crippen LogP contribution in [0.25, 0.3) is 5.82 Å². The molecule has 0 bridgehead atoms. The number of aryl methyl sites for hydroxylation is 1. The Morgan fingerprint density at radius 3 is 2.60 bits per heavy atom. The maximum atomic E-state index is 6.43. The van der Waals surface area contributed by atoms with Crippen molar-refractivity contribution in [1.82, 2.24) is 20.0 Å². The van der Waals surface area contributed by atoms with Crippen LogP contribution >= 0.6 is 23.2 Å². The molecule has 2 heterocycles. The molecule has 1 aliphatic carbocycles. The molecule has 4 nitrogen and oxygen atoms in total. The standard InChI is InChI=1S/C14H16Cl2N4/c1-9-6-7-12(18-17-9)20-14(16)11(8-15)13(19-20)10-4-2-3-5-10/h6-7,10H,2-5,8H2,1H3. The van der Waals surface area contributed by atoms with Crippen molar-refractivity contribution in [3.63, 3.8) is 0 Å². The van der Waals surface area contributed by atoms with Crippen molar-refractivity contribution in [2.75, 3.05) is 0 Å². The number of aromatic nitrogens is 4. The van der Waals surface area contributed by atoms with Gasteiger partial charge in [0, 0.05) is 11.5 Å². The second kappa shape index (κ2) is 5.70. The number of rotatable bonds is 3. The summed E-state index contributed by atoms with van der Waals surface area (Å²) in [5.41, 5.74) is 2.83. The summed E-state index contributed by atoms with van der Waals surface area (Å²) in [5, 5.41) is 13.4. The highest BCUT2D eigenvalue weighted by molar-refractivity contribution is 6.31. The van der Waals surface area contributed by atoms with Gasteiger partial charge in [0.15, 0.2) is 5.82 Å². The predicted molar refractivity (Wildman–Crippen MR) is 79.7 cm³/mol. The van der Waals surface area contributed by atoms with Gasteiger partial charge in [0.05, 0.1) is 17.3 Å². The topological polar surface area (TPSA) is 43.6 Å². The van der Waals surface area contributed by atoms with Gasteiger partial charge in [-0.25, -0.2) is 4.68 Å². The largest absolute Gasteiger partial charge is 0.201 e. The highest BCUT2D eigenvalue weighted by Gasteiger charge is 2.26. The Hall–Kier alpha value is -1.13. The Kier molecular flexibility index (Phi) is 3.94. The van der Waals surface area contributed by atoms with Gasteiger partial charge in [0.25, 0.3) is 0 Å². The van der Waals surface area contributed by atoms with Crippen LogP contribution in [0.15, 0.2) is 12.1 Å². The minimum Gasteiger partial charge on any atom is -0.201 e. The highest BCUT2D eigenvalue weighted by atomic mass is 35.5. The van der Waals surface area contributed by atoms with E-state index in [1.165, 1.54) is 12.8 Å². The van der Waals surface area contributed by atoms with Gasteiger partial charge in [0.1, 0.15) is 5.15 Å². The Labute approximate surface area is 128 Å². The fraction of sp³-hybridized carbons (Fsp3) is 0.500. The van der Waals surface area contributed by atoms with E-state index < -0.39 is 0 Å². The summed E-state index contributed by atoms with van der Waals surface area (Å²) in [6, 6.07) is 3.77. The quantitative estimate of drug-likeness (QED) is 0.804. The molecule has 0 amide bonds. The first kappa shape index (κ1) is 13.8. The van der Waals surface area contributed by atoms with E-state index in [1.807, 2.05) is 19.1 Å². The van der Waals surface area contributed by atoms with Crippen molar-refractivity contribution >= 4 is 23.2 Å². The van der Waals surface area contributed by atoms with Crippen LogP contribution in [0.4, 0.5) is 0 Å². The van der Waals surface area contributed by atoms with E-state index in [0.29, 0.717) is 22.8 Å². The summed E-state index contributed by atoms with van der Waals surface area (Å²) in [6.07, 6.45) is 4.83. The average molecular weight is 311 g/mol. The minimum atomic E-state index is 0.379. The lowest BCUT2D eigenvalue weighted by Crippen LogP contribution is -2.03. The molecule has 0 aromatic carbocycles. The van der Waals surface area contributed by atoms with Crippen LogP contribution < -0.4 is 0 Å². The Morgan fingerprint density at radius 1 is 1.25 bits per heavy atom. The Balaban J connectivity index is 2.05. The molecule has 1 aliphatic rings. The lowest BCUT2D eigenvalue weighted by molar-refractivity contribution is 0.669. The first-order chi connectivity index (χ1) is 9.70. The van der Waals surface area contributed by atoms with Gasteiger partial charge in [-0.2, -0.15) is 10.2 Å². The Morgan fingerprint density at radius 2 is 2.00 bits per heavy atom. The summed E-state index contributed by atoms with van der Waals surface area (Å²) in [5.74, 6) is 1.49. The van der Waals surface area contributed by atoms with Crippen molar-refractivity contribution in [3.05, 3.63) is 34.2 Å². The number of halogens is 2. The van der Waals surface area contributed by atoms with Crippen LogP contribution in [0.1, 0.15) is 48.6 Å². The maximum Gasteiger partial charge on any atom is 0.177 e. The number of alkyl halides is 1. The first-order valence-electron chi connectivity index (χ1n) is 6.84. The van der Waals surface area contributed by atoms with E-state index in [1.54, 1.807) is 4.68 Å². The van der Waals surface area contributed by atoms with E-state index in [4.69, 9.17) is 23.2 Å². The zero-order chi connectivity index (χ0) is 14.1. The zero-order valence-electron chi connectivity index (χ0n) is 11.3. The number of nitrogens with zero attached hydrogens (tertiary/aromatic N) is 4. The molecule has 3 rings (SSSR count). The summed E-state index contributed by atoms with van der Waals surface area (Å²) in [7, 11) is 0. The van der Waals surface area contributed by atoms with Gasteiger partial charge in [-0.3, -0.25) is 0 Å². The molecule has 1 fully saturated rings. The van der Waals surface area contributed by atoms with Gasteiger partial charge < -0.3 is 0 Å². The van der Waals surface area contributed by atoms with E-state index in [9.17, 15) is 0 Å². The molecular weight excluding hydrogens is 295 g/mol. The molecule has 0 radical (unpaired) electrons. The van der Waals surface area contributed by atoms with Crippen LogP contribution in [0.3, 0.4) is 0 Å². The summed E-state index contributed by atoms with van der Waals surface area (Å²) < 4.78 is 1.65. The second-order valence-corrected chi connectivity index (χ2v) is 5.84. The van der Waals surface area contributed by atoms with E-state index in [0.717, 1.165) is 29.8 Å². The zero-order valence-corrected chi connectivity index (χ0v) is 12.8. The first-order valence-corrected chi connectivity index (χ1v) is 7.76. The molecule has 2 aromatic heterocycles. The molecule has 2 aromatic rings. The van der Waals surface area contributed by atoms with Crippen LogP contribution in [0.2, 0.25) is 5.15 Å². The third kappa shape index (κ3) is 2.42. The molecule has 106 valence electrons. The maximum absolute atomic E-state index is 6.43. The number of hydrogen-bond donors (Lipinski definition) is 0. The molecule has 1 saturated carbocycles. The van der Waals surface area contributed by atoms with Gasteiger partial charge in [0.2, 0.25) is 0 Å². The molecule has 0 N–H and O–H groups in total. The minimum absolute atomic E-state index is 0.379. The predicted octanol–water partition coefficient (Wildman–Crippen LogP) is 4.02. The molecule has 0 aliphatic heterocycles. The van der Waals surface area contributed by atoms with Gasteiger partial charge in [-0.1, -0.05) is 24.4 Å². The van der Waals surface area contributed by atoms with Crippen molar-refractivity contribution in [1.29, 1.82) is 0 Å². The molecular formula is C14H16Cl2N4. The van der Waals surface area contributed by atoms with Crippen LogP contribution in [0.5, 0.6) is 0 Å². The fourth-order valence-corrected chi connectivity index (χ4v) is 3.37. The summed E-state index contributed by atoms with van der Waals surface area (Å²) >= 11 is 12.5. The van der Waals surface area contributed by atoms with Crippen molar-refractivity contribution in [2.45, 2.75) is 44.4 Å². The van der Waals surface area contributed by atoms with E-state index in [-0.39, 0.29) is 0 Å². The SMILES string of the molecule is Cc1ccc(-n2nc(C3CCCC3)c(CCl)c2Cl)nn1.